The molecular weight excluding hydrogens is 358 g/mol. The summed E-state index contributed by atoms with van der Waals surface area (Å²) in [7, 11) is 0. The molecule has 3 heterocycles. The van der Waals surface area contributed by atoms with Gasteiger partial charge in [0.25, 0.3) is 0 Å². The summed E-state index contributed by atoms with van der Waals surface area (Å²) in [5.41, 5.74) is 5.80. The van der Waals surface area contributed by atoms with Crippen LogP contribution in [-0.4, -0.2) is 28.0 Å². The summed E-state index contributed by atoms with van der Waals surface area (Å²) >= 11 is 0. The van der Waals surface area contributed by atoms with Crippen molar-refractivity contribution in [1.82, 2.24) is 15.0 Å². The van der Waals surface area contributed by atoms with Gasteiger partial charge in [-0.05, 0) is 49.6 Å². The highest BCUT2D eigenvalue weighted by Crippen LogP contribution is 2.26. The number of hydrogen-bond donors (Lipinski definition) is 1. The molecule has 0 saturated carbocycles. The Labute approximate surface area is 170 Å². The fourth-order valence-electron chi connectivity index (χ4n) is 3.83. The number of hydrogen-bond acceptors (Lipinski definition) is 5. The van der Waals surface area contributed by atoms with Crippen molar-refractivity contribution in [3.63, 3.8) is 0 Å². The first-order valence-corrected chi connectivity index (χ1v) is 10.2. The highest BCUT2D eigenvalue weighted by Gasteiger charge is 2.11. The van der Waals surface area contributed by atoms with Crippen LogP contribution in [0.5, 0.6) is 0 Å². The van der Waals surface area contributed by atoms with Crippen LogP contribution in [0.2, 0.25) is 0 Å². The fraction of sp³-hybridized carbons (Fsp3) is 0.208. The molecular formula is C24H23N5. The minimum Gasteiger partial charge on any atom is -0.372 e. The van der Waals surface area contributed by atoms with E-state index in [0.29, 0.717) is 0 Å². The Morgan fingerprint density at radius 3 is 2.38 bits per heavy atom. The highest BCUT2D eigenvalue weighted by molar-refractivity contribution is 5.88. The predicted octanol–water partition coefficient (Wildman–Crippen LogP) is 5.43. The second kappa shape index (κ2) is 7.87. The van der Waals surface area contributed by atoms with Crippen molar-refractivity contribution in [2.45, 2.75) is 19.3 Å². The Kier molecular flexibility index (Phi) is 4.78. The Morgan fingerprint density at radius 2 is 1.59 bits per heavy atom. The molecule has 0 spiro atoms. The number of benzene rings is 2. The molecule has 2 aromatic heterocycles. The maximum atomic E-state index is 4.77. The quantitative estimate of drug-likeness (QED) is 0.511. The van der Waals surface area contributed by atoms with Crippen molar-refractivity contribution < 1.29 is 0 Å². The van der Waals surface area contributed by atoms with Crippen molar-refractivity contribution in [3.8, 4) is 11.3 Å². The molecule has 0 radical (unpaired) electrons. The highest BCUT2D eigenvalue weighted by atomic mass is 15.1. The number of anilines is 3. The molecule has 5 rings (SSSR count). The zero-order valence-electron chi connectivity index (χ0n) is 16.3. The molecule has 0 atom stereocenters. The van der Waals surface area contributed by atoms with Crippen LogP contribution in [0.3, 0.4) is 0 Å². The summed E-state index contributed by atoms with van der Waals surface area (Å²) in [6.07, 6.45) is 7.49. The standard InChI is InChI=1S/C24H23N5/c1-3-7-18(8-4-1)22-17-26-23-21(28-22)13-14-25-24(23)27-19-9-11-20(12-10-19)29-15-5-2-6-16-29/h1,3-4,7-14,17H,2,5-6,15-16H2,(H,25,27). The Morgan fingerprint density at radius 1 is 0.793 bits per heavy atom. The molecule has 1 saturated heterocycles. The maximum Gasteiger partial charge on any atom is 0.158 e. The molecule has 144 valence electrons. The van der Waals surface area contributed by atoms with Gasteiger partial charge >= 0.3 is 0 Å². The number of pyridine rings is 1. The number of piperidine rings is 1. The van der Waals surface area contributed by atoms with Crippen molar-refractivity contribution in [2.24, 2.45) is 0 Å². The van der Waals surface area contributed by atoms with E-state index < -0.39 is 0 Å². The maximum absolute atomic E-state index is 4.77. The van der Waals surface area contributed by atoms with E-state index in [-0.39, 0.29) is 0 Å². The van der Waals surface area contributed by atoms with Crippen LogP contribution in [0.4, 0.5) is 17.2 Å². The van der Waals surface area contributed by atoms with E-state index >= 15 is 0 Å². The summed E-state index contributed by atoms with van der Waals surface area (Å²) in [6.45, 7) is 2.30. The predicted molar refractivity (Wildman–Crippen MR) is 119 cm³/mol. The summed E-state index contributed by atoms with van der Waals surface area (Å²) < 4.78 is 0. The first-order valence-electron chi connectivity index (χ1n) is 10.2. The van der Waals surface area contributed by atoms with E-state index in [9.17, 15) is 0 Å². The number of rotatable bonds is 4. The van der Waals surface area contributed by atoms with E-state index in [4.69, 9.17) is 4.98 Å². The van der Waals surface area contributed by atoms with Crippen molar-refractivity contribution >= 4 is 28.2 Å². The van der Waals surface area contributed by atoms with Gasteiger partial charge in [-0.3, -0.25) is 0 Å². The van der Waals surface area contributed by atoms with Crippen molar-refractivity contribution in [1.29, 1.82) is 0 Å². The van der Waals surface area contributed by atoms with Crippen LogP contribution in [0.25, 0.3) is 22.3 Å². The lowest BCUT2D eigenvalue weighted by molar-refractivity contribution is 0.578. The number of aromatic nitrogens is 3. The minimum atomic E-state index is 0.723. The molecule has 5 heteroatoms. The van der Waals surface area contributed by atoms with Gasteiger partial charge in [0, 0.05) is 36.2 Å². The topological polar surface area (TPSA) is 53.9 Å². The minimum absolute atomic E-state index is 0.723. The zero-order chi connectivity index (χ0) is 19.5. The largest absolute Gasteiger partial charge is 0.372 e. The molecule has 4 aromatic rings. The normalized spacial score (nSPS) is 14.1. The van der Waals surface area contributed by atoms with Crippen molar-refractivity contribution in [3.05, 3.63) is 73.1 Å². The van der Waals surface area contributed by atoms with Gasteiger partial charge in [-0.15, -0.1) is 0 Å². The molecule has 1 fully saturated rings. The Hall–Kier alpha value is -3.47. The van der Waals surface area contributed by atoms with Crippen molar-refractivity contribution in [2.75, 3.05) is 23.3 Å². The van der Waals surface area contributed by atoms with Gasteiger partial charge in [0.15, 0.2) is 5.82 Å². The molecule has 1 aliphatic rings. The van der Waals surface area contributed by atoms with Gasteiger partial charge in [0.2, 0.25) is 0 Å². The number of fused-ring (bicyclic) bond motifs is 1. The van der Waals surface area contributed by atoms with Crippen LogP contribution < -0.4 is 10.2 Å². The van der Waals surface area contributed by atoms with Gasteiger partial charge in [0.05, 0.1) is 17.4 Å². The van der Waals surface area contributed by atoms with E-state index in [1.54, 1.807) is 6.20 Å². The third-order valence-electron chi connectivity index (χ3n) is 5.38. The van der Waals surface area contributed by atoms with Gasteiger partial charge in [0.1, 0.15) is 5.52 Å². The monoisotopic (exact) mass is 381 g/mol. The Balaban J connectivity index is 1.40. The van der Waals surface area contributed by atoms with Crippen LogP contribution in [-0.2, 0) is 0 Å². The molecule has 0 amide bonds. The Bertz CT molecular complexity index is 1100. The summed E-state index contributed by atoms with van der Waals surface area (Å²) in [5.74, 6) is 0.723. The smallest absolute Gasteiger partial charge is 0.158 e. The lowest BCUT2D eigenvalue weighted by Crippen LogP contribution is -2.29. The second-order valence-corrected chi connectivity index (χ2v) is 7.37. The molecule has 1 aliphatic heterocycles. The van der Waals surface area contributed by atoms with Crippen LogP contribution in [0.15, 0.2) is 73.1 Å². The summed E-state index contributed by atoms with van der Waals surface area (Å²) in [6, 6.07) is 20.6. The molecule has 1 N–H and O–H groups in total. The summed E-state index contributed by atoms with van der Waals surface area (Å²) in [4.78, 5) is 16.4. The summed E-state index contributed by atoms with van der Waals surface area (Å²) in [5, 5.41) is 3.40. The second-order valence-electron chi connectivity index (χ2n) is 7.37. The van der Waals surface area contributed by atoms with E-state index in [1.165, 1.54) is 24.9 Å². The SMILES string of the molecule is c1ccc(-c2cnc3c(Nc4ccc(N5CCCCC5)cc4)nccc3n2)cc1. The van der Waals surface area contributed by atoms with Gasteiger partial charge in [-0.1, -0.05) is 30.3 Å². The van der Waals surface area contributed by atoms with E-state index in [0.717, 1.165) is 46.9 Å². The average Bonchev–Trinajstić information content (AvgIpc) is 2.81. The van der Waals surface area contributed by atoms with Gasteiger partial charge in [-0.2, -0.15) is 0 Å². The van der Waals surface area contributed by atoms with Gasteiger partial charge < -0.3 is 10.2 Å². The average molecular weight is 381 g/mol. The number of nitrogens with one attached hydrogen (secondary N) is 1. The fourth-order valence-corrected chi connectivity index (χ4v) is 3.83. The lowest BCUT2D eigenvalue weighted by Gasteiger charge is -2.28. The first kappa shape index (κ1) is 17.6. The van der Waals surface area contributed by atoms with Crippen LogP contribution in [0, 0.1) is 0 Å². The van der Waals surface area contributed by atoms with E-state index in [1.807, 2.05) is 42.6 Å². The third-order valence-corrected chi connectivity index (χ3v) is 5.38. The molecule has 0 bridgehead atoms. The van der Waals surface area contributed by atoms with Crippen LogP contribution >= 0.6 is 0 Å². The first-order chi connectivity index (χ1) is 14.4. The molecule has 29 heavy (non-hydrogen) atoms. The molecule has 0 unspecified atom stereocenters. The lowest BCUT2D eigenvalue weighted by atomic mass is 10.1. The zero-order valence-corrected chi connectivity index (χ0v) is 16.3. The van der Waals surface area contributed by atoms with Gasteiger partial charge in [-0.25, -0.2) is 15.0 Å². The number of nitrogens with zero attached hydrogens (tertiary/aromatic N) is 4. The van der Waals surface area contributed by atoms with Crippen LogP contribution in [0.1, 0.15) is 19.3 Å². The molecule has 0 aliphatic carbocycles. The third kappa shape index (κ3) is 3.76. The molecule has 2 aromatic carbocycles. The van der Waals surface area contributed by atoms with E-state index in [2.05, 4.69) is 44.5 Å². The molecule has 5 nitrogen and oxygen atoms in total.